The molecule has 0 radical (unpaired) electrons. The van der Waals surface area contributed by atoms with Crippen molar-refractivity contribution < 1.29 is 30.7 Å². The zero-order valence-corrected chi connectivity index (χ0v) is 5.78. The van der Waals surface area contributed by atoms with Crippen molar-refractivity contribution in [2.24, 2.45) is 0 Å². The molecule has 0 unspecified atom stereocenters. The molecule has 0 rings (SSSR count). The average Bonchev–Trinajstić information content (AvgIpc) is 1.80. The lowest BCUT2D eigenvalue weighted by molar-refractivity contribution is -0.124. The minimum atomic E-state index is -5.70. The average molecular weight is 216 g/mol. The van der Waals surface area contributed by atoms with Crippen LogP contribution in [0.3, 0.4) is 0 Å². The first-order chi connectivity index (χ1) is 5.07. The van der Waals surface area contributed by atoms with Gasteiger partial charge in [-0.05, 0) is 0 Å². The fourth-order valence-corrected chi connectivity index (χ4v) is 0.356. The van der Waals surface area contributed by atoms with E-state index in [1.54, 1.807) is 0 Å². The Morgan fingerprint density at radius 2 is 1.17 bits per heavy atom. The lowest BCUT2D eigenvalue weighted by atomic mass is 10.4. The topological polar surface area (TPSA) is 0 Å². The van der Waals surface area contributed by atoms with Gasteiger partial charge in [-0.15, -0.1) is 0 Å². The maximum atomic E-state index is 11.7. The molecule has 0 atom stereocenters. The molecule has 0 spiro atoms. The molecule has 0 aromatic carbocycles. The summed E-state index contributed by atoms with van der Waals surface area (Å²) in [7, 11) is 0. The van der Waals surface area contributed by atoms with Crippen LogP contribution in [0.15, 0.2) is 10.9 Å². The van der Waals surface area contributed by atoms with Crippen LogP contribution in [0.5, 0.6) is 0 Å². The monoisotopic (exact) mass is 216 g/mol. The van der Waals surface area contributed by atoms with Gasteiger partial charge in [0.25, 0.3) is 0 Å². The van der Waals surface area contributed by atoms with E-state index in [2.05, 4.69) is 11.6 Å². The largest absolute Gasteiger partial charge is 0.444 e. The van der Waals surface area contributed by atoms with Gasteiger partial charge in [0.1, 0.15) is 0 Å². The highest BCUT2D eigenvalue weighted by atomic mass is 35.5. The Morgan fingerprint density at radius 3 is 1.25 bits per heavy atom. The molecule has 0 nitrogen and oxygen atoms in total. The third-order valence-electron chi connectivity index (χ3n) is 0.690. The fraction of sp³-hybridized carbons (Fsp3) is 0.500. The third kappa shape index (κ3) is 2.88. The van der Waals surface area contributed by atoms with Gasteiger partial charge in [0, 0.05) is 0 Å². The van der Waals surface area contributed by atoms with Crippen LogP contribution in [0.1, 0.15) is 0 Å². The molecule has 0 aliphatic carbocycles. The quantitative estimate of drug-likeness (QED) is 0.544. The van der Waals surface area contributed by atoms with Crippen LogP contribution < -0.4 is 0 Å². The molecule has 0 amide bonds. The Morgan fingerprint density at radius 1 is 0.833 bits per heavy atom. The molecular weight excluding hydrogens is 216 g/mol. The Labute approximate surface area is 66.6 Å². The molecule has 0 saturated heterocycles. The summed E-state index contributed by atoms with van der Waals surface area (Å²) in [6.07, 6.45) is -11.2. The van der Waals surface area contributed by atoms with Crippen LogP contribution in [0, 0.1) is 0 Å². The van der Waals surface area contributed by atoms with Crippen molar-refractivity contribution in [1.29, 1.82) is 0 Å². The first-order valence-electron chi connectivity index (χ1n) is 2.26. The van der Waals surface area contributed by atoms with Crippen LogP contribution in [0.4, 0.5) is 30.7 Å². The molecule has 0 aliphatic heterocycles. The van der Waals surface area contributed by atoms with Crippen molar-refractivity contribution in [1.82, 2.24) is 0 Å². The zero-order chi connectivity index (χ0) is 10.2. The highest BCUT2D eigenvalue weighted by Gasteiger charge is 2.45. The van der Waals surface area contributed by atoms with E-state index in [4.69, 9.17) is 0 Å². The molecule has 0 heterocycles. The van der Waals surface area contributed by atoms with E-state index in [0.717, 1.165) is 0 Å². The molecule has 0 aliphatic rings. The maximum Gasteiger partial charge on any atom is 0.444 e. The smallest absolute Gasteiger partial charge is 0.200 e. The summed E-state index contributed by atoms with van der Waals surface area (Å²) in [6.45, 7) is 0. The minimum Gasteiger partial charge on any atom is -0.200 e. The van der Waals surface area contributed by atoms with E-state index in [-0.39, 0.29) is 0 Å². The second kappa shape index (κ2) is 3.12. The van der Waals surface area contributed by atoms with Gasteiger partial charge < -0.3 is 0 Å². The molecule has 0 N–H and O–H groups in total. The molecular formula is C4ClF7. The van der Waals surface area contributed by atoms with Gasteiger partial charge in [-0.3, -0.25) is 0 Å². The van der Waals surface area contributed by atoms with E-state index in [9.17, 15) is 30.7 Å². The summed E-state index contributed by atoms with van der Waals surface area (Å²) >= 11 is 4.05. The van der Waals surface area contributed by atoms with Gasteiger partial charge in [-0.25, -0.2) is 4.39 Å². The van der Waals surface area contributed by atoms with Crippen LogP contribution in [-0.4, -0.2) is 12.4 Å². The van der Waals surface area contributed by atoms with E-state index in [0.29, 0.717) is 0 Å². The van der Waals surface area contributed by atoms with Crippen molar-refractivity contribution in [2.75, 3.05) is 0 Å². The number of hydrogen-bond donors (Lipinski definition) is 0. The van der Waals surface area contributed by atoms with E-state index in [1.165, 1.54) is 0 Å². The first kappa shape index (κ1) is 11.5. The summed E-state index contributed by atoms with van der Waals surface area (Å²) in [6, 6.07) is 0. The molecule has 0 saturated carbocycles. The summed E-state index contributed by atoms with van der Waals surface area (Å²) < 4.78 is 79.2. The van der Waals surface area contributed by atoms with Crippen molar-refractivity contribution in [3.8, 4) is 0 Å². The molecule has 0 aromatic heterocycles. The van der Waals surface area contributed by atoms with Crippen molar-refractivity contribution in [2.45, 2.75) is 12.4 Å². The molecule has 8 heteroatoms. The first-order valence-corrected chi connectivity index (χ1v) is 2.64. The maximum absolute atomic E-state index is 11.7. The summed E-state index contributed by atoms with van der Waals surface area (Å²) in [5.41, 5.74) is 0. The SMILES string of the molecule is FC(=C(Cl)C(F)(F)F)C(F)(F)F. The number of hydrogen-bond acceptors (Lipinski definition) is 0. The third-order valence-corrected chi connectivity index (χ3v) is 1.07. The highest BCUT2D eigenvalue weighted by molar-refractivity contribution is 6.30. The number of rotatable bonds is 0. The van der Waals surface area contributed by atoms with Crippen LogP contribution in [0.25, 0.3) is 0 Å². The number of allylic oxidation sites excluding steroid dienone is 2. The van der Waals surface area contributed by atoms with Crippen LogP contribution in [-0.2, 0) is 0 Å². The lowest BCUT2D eigenvalue weighted by Gasteiger charge is -2.08. The Hall–Kier alpha value is -0.460. The second-order valence-electron chi connectivity index (χ2n) is 1.62. The Bertz CT molecular complexity index is 174. The van der Waals surface area contributed by atoms with Crippen molar-refractivity contribution in [3.05, 3.63) is 10.9 Å². The summed E-state index contributed by atoms with van der Waals surface area (Å²) in [5.74, 6) is -3.34. The zero-order valence-electron chi connectivity index (χ0n) is 5.02. The Kier molecular flexibility index (Phi) is 3.00. The predicted octanol–water partition coefficient (Wildman–Crippen LogP) is 3.53. The molecule has 72 valence electrons. The highest BCUT2D eigenvalue weighted by Crippen LogP contribution is 2.38. The van der Waals surface area contributed by atoms with Crippen molar-refractivity contribution >= 4 is 11.6 Å². The molecule has 0 fully saturated rings. The van der Waals surface area contributed by atoms with E-state index >= 15 is 0 Å². The van der Waals surface area contributed by atoms with Gasteiger partial charge in [0.15, 0.2) is 5.03 Å². The molecule has 0 bridgehead atoms. The number of halogens is 8. The van der Waals surface area contributed by atoms with Gasteiger partial charge in [-0.2, -0.15) is 26.3 Å². The van der Waals surface area contributed by atoms with Crippen LogP contribution >= 0.6 is 11.6 Å². The summed E-state index contributed by atoms with van der Waals surface area (Å²) in [5, 5.41) is -2.80. The fourth-order valence-electron chi connectivity index (χ4n) is 0.249. The van der Waals surface area contributed by atoms with Crippen LogP contribution in [0.2, 0.25) is 0 Å². The van der Waals surface area contributed by atoms with Gasteiger partial charge in [-0.1, -0.05) is 11.6 Å². The van der Waals surface area contributed by atoms with Gasteiger partial charge in [0.2, 0.25) is 5.83 Å². The number of alkyl halides is 6. The standard InChI is InChI=1S/C4ClF7/c5-1(3(7,8)9)2(6)4(10,11)12. The minimum absolute atomic E-state index is 2.80. The van der Waals surface area contributed by atoms with Gasteiger partial charge in [0.05, 0.1) is 0 Å². The van der Waals surface area contributed by atoms with E-state index < -0.39 is 23.2 Å². The molecule has 12 heavy (non-hydrogen) atoms. The van der Waals surface area contributed by atoms with Crippen molar-refractivity contribution in [3.63, 3.8) is 0 Å². The molecule has 0 aromatic rings. The summed E-state index contributed by atoms with van der Waals surface area (Å²) in [4.78, 5) is 0. The second-order valence-corrected chi connectivity index (χ2v) is 2.00. The van der Waals surface area contributed by atoms with E-state index in [1.807, 2.05) is 0 Å². The normalized spacial score (nSPS) is 16.0. The van der Waals surface area contributed by atoms with Gasteiger partial charge >= 0.3 is 12.4 Å². The Balaban J connectivity index is 4.96. The predicted molar refractivity (Wildman–Crippen MR) is 26.1 cm³/mol. The lowest BCUT2D eigenvalue weighted by Crippen LogP contribution is -2.17.